The number of thiophene rings is 1. The van der Waals surface area contributed by atoms with E-state index in [0.717, 1.165) is 17.0 Å². The van der Waals surface area contributed by atoms with Gasteiger partial charge in [0.25, 0.3) is 11.8 Å². The van der Waals surface area contributed by atoms with Crippen LogP contribution >= 0.6 is 11.3 Å². The molecule has 10 heteroatoms. The lowest BCUT2D eigenvalue weighted by molar-refractivity contribution is -0.137. The van der Waals surface area contributed by atoms with Crippen molar-refractivity contribution in [3.63, 3.8) is 0 Å². The first kappa shape index (κ1) is 20.6. The summed E-state index contributed by atoms with van der Waals surface area (Å²) in [6, 6.07) is 4.66. The number of halogens is 3. The molecule has 0 saturated carbocycles. The summed E-state index contributed by atoms with van der Waals surface area (Å²) in [7, 11) is 0. The molecule has 3 N–H and O–H groups in total. The molecule has 2 amide bonds. The van der Waals surface area contributed by atoms with Gasteiger partial charge in [-0.05, 0) is 44.5 Å². The number of hydrogen-bond donors (Lipinski definition) is 2. The van der Waals surface area contributed by atoms with Crippen molar-refractivity contribution in [3.05, 3.63) is 63.3 Å². The Labute approximate surface area is 168 Å². The minimum atomic E-state index is -4.49. The summed E-state index contributed by atoms with van der Waals surface area (Å²) < 4.78 is 40.2. The molecule has 0 atom stereocenters. The molecule has 2 aromatic heterocycles. The molecule has 0 fully saturated rings. The van der Waals surface area contributed by atoms with E-state index >= 15 is 0 Å². The zero-order valence-electron chi connectivity index (χ0n) is 15.7. The van der Waals surface area contributed by atoms with Gasteiger partial charge in [-0.2, -0.15) is 18.3 Å². The normalized spacial score (nSPS) is 11.5. The Hall–Kier alpha value is -3.14. The highest BCUT2D eigenvalue weighted by molar-refractivity contribution is 7.16. The summed E-state index contributed by atoms with van der Waals surface area (Å²) in [4.78, 5) is 25.3. The fourth-order valence-corrected chi connectivity index (χ4v) is 3.95. The Kier molecular flexibility index (Phi) is 5.22. The molecule has 152 valence electrons. The van der Waals surface area contributed by atoms with E-state index in [2.05, 4.69) is 10.4 Å². The minimum absolute atomic E-state index is 0.168. The molecule has 2 heterocycles. The number of benzene rings is 1. The first-order chi connectivity index (χ1) is 13.5. The van der Waals surface area contributed by atoms with E-state index in [1.807, 2.05) is 0 Å². The topological polar surface area (TPSA) is 90.0 Å². The molecule has 6 nitrogen and oxygen atoms in total. The van der Waals surface area contributed by atoms with Gasteiger partial charge in [0.05, 0.1) is 34.3 Å². The van der Waals surface area contributed by atoms with Crippen LogP contribution in [0.3, 0.4) is 0 Å². The lowest BCUT2D eigenvalue weighted by Crippen LogP contribution is -2.18. The molecule has 0 aliphatic carbocycles. The van der Waals surface area contributed by atoms with Crippen LogP contribution in [0.1, 0.15) is 42.4 Å². The summed E-state index contributed by atoms with van der Waals surface area (Å²) in [5.41, 5.74) is 6.23. The summed E-state index contributed by atoms with van der Waals surface area (Å²) in [6.07, 6.45) is -3.22. The van der Waals surface area contributed by atoms with E-state index in [1.165, 1.54) is 34.3 Å². The minimum Gasteiger partial charge on any atom is -0.365 e. The quantitative estimate of drug-likeness (QED) is 0.659. The number of aromatic nitrogens is 2. The third-order valence-corrected chi connectivity index (χ3v) is 5.65. The van der Waals surface area contributed by atoms with E-state index in [4.69, 9.17) is 5.73 Å². The molecule has 3 aromatic rings. The van der Waals surface area contributed by atoms with E-state index in [0.29, 0.717) is 16.3 Å². The molecular weight excluding hydrogens is 405 g/mol. The SMILES string of the molecule is Cc1sc(NC(=O)c2cnn(-c3cccc(C(F)(F)F)c3)c2C)c(C(N)=O)c1C. The summed E-state index contributed by atoms with van der Waals surface area (Å²) in [6.45, 7) is 5.11. The van der Waals surface area contributed by atoms with Crippen molar-refractivity contribution < 1.29 is 22.8 Å². The van der Waals surface area contributed by atoms with Crippen LogP contribution in [0.5, 0.6) is 0 Å². The molecule has 0 spiro atoms. The van der Waals surface area contributed by atoms with Crippen LogP contribution in [-0.4, -0.2) is 21.6 Å². The van der Waals surface area contributed by atoms with Crippen LogP contribution in [0.25, 0.3) is 5.69 Å². The molecule has 3 rings (SSSR count). The van der Waals surface area contributed by atoms with Crippen LogP contribution in [0.2, 0.25) is 0 Å². The van der Waals surface area contributed by atoms with Gasteiger partial charge in [-0.25, -0.2) is 4.68 Å². The third kappa shape index (κ3) is 3.88. The number of nitrogens with one attached hydrogen (secondary N) is 1. The number of carbonyl (C=O) groups excluding carboxylic acids is 2. The Bertz CT molecular complexity index is 1120. The molecule has 0 radical (unpaired) electrons. The van der Waals surface area contributed by atoms with Crippen molar-refractivity contribution in [2.45, 2.75) is 26.9 Å². The fraction of sp³-hybridized carbons (Fsp3) is 0.211. The van der Waals surface area contributed by atoms with E-state index in [9.17, 15) is 22.8 Å². The van der Waals surface area contributed by atoms with Gasteiger partial charge in [-0.15, -0.1) is 11.3 Å². The van der Waals surface area contributed by atoms with Gasteiger partial charge in [0.15, 0.2) is 0 Å². The standard InChI is InChI=1S/C19H17F3N4O2S/c1-9-11(3)29-18(15(9)16(23)27)25-17(28)14-8-24-26(10(14)2)13-6-4-5-12(7-13)19(20,21)22/h4-8H,1-3H3,(H2,23,27)(H,25,28). The number of carbonyl (C=O) groups is 2. The Balaban J connectivity index is 1.94. The zero-order chi connectivity index (χ0) is 21.5. The highest BCUT2D eigenvalue weighted by Crippen LogP contribution is 2.33. The Morgan fingerprint density at radius 1 is 1.21 bits per heavy atom. The van der Waals surface area contributed by atoms with Crippen LogP contribution in [-0.2, 0) is 6.18 Å². The summed E-state index contributed by atoms with van der Waals surface area (Å²) >= 11 is 1.22. The molecule has 0 bridgehead atoms. The van der Waals surface area contributed by atoms with Crippen LogP contribution in [0.15, 0.2) is 30.5 Å². The largest absolute Gasteiger partial charge is 0.416 e. The van der Waals surface area contributed by atoms with Gasteiger partial charge in [0.1, 0.15) is 5.00 Å². The molecule has 0 saturated heterocycles. The van der Waals surface area contributed by atoms with Gasteiger partial charge < -0.3 is 11.1 Å². The number of amides is 2. The van der Waals surface area contributed by atoms with Gasteiger partial charge in [0.2, 0.25) is 0 Å². The van der Waals surface area contributed by atoms with Crippen molar-refractivity contribution in [2.24, 2.45) is 5.73 Å². The molecule has 1 aromatic carbocycles. The van der Waals surface area contributed by atoms with Gasteiger partial charge in [0, 0.05) is 4.88 Å². The maximum atomic E-state index is 13.0. The molecule has 0 unspecified atom stereocenters. The number of nitrogens with two attached hydrogens (primary N) is 1. The van der Waals surface area contributed by atoms with E-state index in [-0.39, 0.29) is 16.8 Å². The lowest BCUT2D eigenvalue weighted by atomic mass is 10.1. The predicted octanol–water partition coefficient (Wildman–Crippen LogP) is 4.23. The molecular formula is C19H17F3N4O2S. The second-order valence-electron chi connectivity index (χ2n) is 6.41. The Morgan fingerprint density at radius 3 is 2.52 bits per heavy atom. The van der Waals surface area contributed by atoms with Gasteiger partial charge in [-0.1, -0.05) is 6.07 Å². The highest BCUT2D eigenvalue weighted by Gasteiger charge is 2.31. The van der Waals surface area contributed by atoms with Gasteiger partial charge >= 0.3 is 6.18 Å². The van der Waals surface area contributed by atoms with Gasteiger partial charge in [-0.3, -0.25) is 9.59 Å². The monoisotopic (exact) mass is 422 g/mol. The van der Waals surface area contributed by atoms with Crippen molar-refractivity contribution in [1.29, 1.82) is 0 Å². The molecule has 0 aliphatic rings. The second kappa shape index (κ2) is 7.36. The third-order valence-electron chi connectivity index (χ3n) is 4.53. The van der Waals surface area contributed by atoms with E-state index in [1.54, 1.807) is 20.8 Å². The van der Waals surface area contributed by atoms with Crippen LogP contribution in [0, 0.1) is 20.8 Å². The first-order valence-electron chi connectivity index (χ1n) is 8.44. The number of anilines is 1. The highest BCUT2D eigenvalue weighted by atomic mass is 32.1. The molecule has 0 aliphatic heterocycles. The van der Waals surface area contributed by atoms with E-state index < -0.39 is 23.6 Å². The smallest absolute Gasteiger partial charge is 0.365 e. The number of aryl methyl sites for hydroxylation is 1. The predicted molar refractivity (Wildman–Crippen MR) is 104 cm³/mol. The average Bonchev–Trinajstić information content (AvgIpc) is 3.14. The lowest BCUT2D eigenvalue weighted by Gasteiger charge is -2.10. The Morgan fingerprint density at radius 2 is 1.90 bits per heavy atom. The van der Waals surface area contributed by atoms with Crippen molar-refractivity contribution in [2.75, 3.05) is 5.32 Å². The number of primary amides is 1. The number of nitrogens with zero attached hydrogens (tertiary/aromatic N) is 2. The maximum Gasteiger partial charge on any atom is 0.416 e. The van der Waals surface area contributed by atoms with Crippen molar-refractivity contribution in [1.82, 2.24) is 9.78 Å². The van der Waals surface area contributed by atoms with Crippen molar-refractivity contribution >= 4 is 28.2 Å². The second-order valence-corrected chi connectivity index (χ2v) is 7.63. The number of alkyl halides is 3. The average molecular weight is 422 g/mol. The summed E-state index contributed by atoms with van der Waals surface area (Å²) in [5, 5.41) is 7.03. The summed E-state index contributed by atoms with van der Waals surface area (Å²) in [5.74, 6) is -1.19. The first-order valence-corrected chi connectivity index (χ1v) is 9.25. The van der Waals surface area contributed by atoms with Crippen LogP contribution < -0.4 is 11.1 Å². The molecule has 29 heavy (non-hydrogen) atoms. The number of hydrogen-bond acceptors (Lipinski definition) is 4. The maximum absolute atomic E-state index is 13.0. The number of rotatable bonds is 4. The van der Waals surface area contributed by atoms with Crippen molar-refractivity contribution in [3.8, 4) is 5.69 Å². The zero-order valence-corrected chi connectivity index (χ0v) is 16.5. The van der Waals surface area contributed by atoms with Crippen LogP contribution in [0.4, 0.5) is 18.2 Å². The fourth-order valence-electron chi connectivity index (χ4n) is 2.89.